The minimum atomic E-state index is -3.38. The molecule has 1 N–H and O–H groups in total. The van der Waals surface area contributed by atoms with E-state index in [1.807, 2.05) is 0 Å². The number of piperidine rings is 1. The molecule has 1 heterocycles. The van der Waals surface area contributed by atoms with Gasteiger partial charge in [-0.05, 0) is 37.0 Å². The highest BCUT2D eigenvalue weighted by molar-refractivity contribution is 7.89. The molecule has 126 valence electrons. The van der Waals surface area contributed by atoms with Crippen LogP contribution in [0.25, 0.3) is 0 Å². The number of benzene rings is 1. The van der Waals surface area contributed by atoms with Crippen LogP contribution in [-0.4, -0.2) is 38.3 Å². The van der Waals surface area contributed by atoms with Crippen LogP contribution in [0.5, 0.6) is 0 Å². The number of amides is 1. The quantitative estimate of drug-likeness (QED) is 0.776. The Labute approximate surface area is 138 Å². The Balaban J connectivity index is 1.96. The summed E-state index contributed by atoms with van der Waals surface area (Å²) in [6.07, 6.45) is 5.56. The smallest absolute Gasteiger partial charge is 0.243 e. The molecule has 0 atom stereocenters. The fraction of sp³-hybridized carbons (Fsp3) is 0.471. The zero-order chi connectivity index (χ0) is 16.7. The molecular formula is C17H24N2O3S. The Hall–Kier alpha value is -1.66. The maximum Gasteiger partial charge on any atom is 0.243 e. The Morgan fingerprint density at radius 2 is 1.83 bits per heavy atom. The van der Waals surface area contributed by atoms with Gasteiger partial charge in [0.25, 0.3) is 0 Å². The Morgan fingerprint density at radius 3 is 2.43 bits per heavy atom. The van der Waals surface area contributed by atoms with E-state index in [9.17, 15) is 13.2 Å². The number of carbonyl (C=O) groups excluding carboxylic acids is 1. The van der Waals surface area contributed by atoms with Crippen LogP contribution in [0.1, 0.15) is 31.2 Å². The highest BCUT2D eigenvalue weighted by Crippen LogP contribution is 2.21. The molecule has 0 bridgehead atoms. The first-order valence-corrected chi connectivity index (χ1v) is 9.45. The molecule has 0 unspecified atom stereocenters. The van der Waals surface area contributed by atoms with Crippen molar-refractivity contribution in [3.05, 3.63) is 42.5 Å². The first-order chi connectivity index (χ1) is 11.0. The van der Waals surface area contributed by atoms with Crippen molar-refractivity contribution in [2.45, 2.75) is 37.0 Å². The molecule has 1 fully saturated rings. The second-order valence-corrected chi connectivity index (χ2v) is 7.64. The maximum atomic E-state index is 12.5. The van der Waals surface area contributed by atoms with Crippen LogP contribution in [0.2, 0.25) is 0 Å². The van der Waals surface area contributed by atoms with Crippen LogP contribution in [-0.2, 0) is 21.2 Å². The second kappa shape index (κ2) is 8.26. The lowest BCUT2D eigenvalue weighted by molar-refractivity contribution is -0.120. The summed E-state index contributed by atoms with van der Waals surface area (Å²) in [6, 6.07) is 6.86. The molecule has 1 aromatic rings. The van der Waals surface area contributed by atoms with Crippen LogP contribution in [0, 0.1) is 0 Å². The lowest BCUT2D eigenvalue weighted by Gasteiger charge is -2.25. The van der Waals surface area contributed by atoms with Crippen LogP contribution in [0.3, 0.4) is 0 Å². The Bertz CT molecular complexity index is 632. The molecule has 0 aromatic heterocycles. The minimum Gasteiger partial charge on any atom is -0.353 e. The molecule has 0 radical (unpaired) electrons. The van der Waals surface area contributed by atoms with Crippen molar-refractivity contribution in [1.82, 2.24) is 9.62 Å². The van der Waals surface area contributed by atoms with E-state index in [0.717, 1.165) is 24.8 Å². The summed E-state index contributed by atoms with van der Waals surface area (Å²) in [5.41, 5.74) is 0.955. The zero-order valence-corrected chi connectivity index (χ0v) is 14.1. The van der Waals surface area contributed by atoms with Gasteiger partial charge in [0.2, 0.25) is 15.9 Å². The third kappa shape index (κ3) is 4.91. The van der Waals surface area contributed by atoms with Gasteiger partial charge in [-0.1, -0.05) is 24.6 Å². The predicted octanol–water partition coefficient (Wildman–Crippen LogP) is 2.10. The number of carbonyl (C=O) groups is 1. The summed E-state index contributed by atoms with van der Waals surface area (Å²) in [7, 11) is -3.38. The number of sulfonamides is 1. The van der Waals surface area contributed by atoms with E-state index in [1.165, 1.54) is 0 Å². The molecule has 1 aliphatic heterocycles. The zero-order valence-electron chi connectivity index (χ0n) is 13.3. The van der Waals surface area contributed by atoms with Crippen LogP contribution >= 0.6 is 0 Å². The highest BCUT2D eigenvalue weighted by atomic mass is 32.2. The van der Waals surface area contributed by atoms with E-state index >= 15 is 0 Å². The molecule has 1 aromatic carbocycles. The molecule has 1 saturated heterocycles. The molecule has 23 heavy (non-hydrogen) atoms. The van der Waals surface area contributed by atoms with Crippen molar-refractivity contribution in [2.75, 3.05) is 19.6 Å². The van der Waals surface area contributed by atoms with Gasteiger partial charge in [-0.2, -0.15) is 4.31 Å². The van der Waals surface area contributed by atoms with Gasteiger partial charge in [-0.25, -0.2) is 8.42 Å². The molecule has 1 aliphatic rings. The summed E-state index contributed by atoms with van der Waals surface area (Å²) in [5.74, 6) is -0.0325. The predicted molar refractivity (Wildman–Crippen MR) is 90.6 cm³/mol. The van der Waals surface area contributed by atoms with Crippen LogP contribution < -0.4 is 5.32 Å². The van der Waals surface area contributed by atoms with E-state index in [4.69, 9.17) is 0 Å². The maximum absolute atomic E-state index is 12.5. The number of nitrogens with one attached hydrogen (secondary N) is 1. The first-order valence-electron chi connectivity index (χ1n) is 8.01. The van der Waals surface area contributed by atoms with Crippen LogP contribution in [0.15, 0.2) is 41.8 Å². The van der Waals surface area contributed by atoms with Crippen molar-refractivity contribution >= 4 is 15.9 Å². The monoisotopic (exact) mass is 336 g/mol. The SMILES string of the molecule is C=CCNC(=O)CCc1ccc(S(=O)(=O)N2CCCCC2)cc1. The van der Waals surface area contributed by atoms with Crippen LogP contribution in [0.4, 0.5) is 0 Å². The van der Waals surface area contributed by atoms with Gasteiger partial charge in [-0.15, -0.1) is 6.58 Å². The summed E-state index contributed by atoms with van der Waals surface area (Å²) in [5, 5.41) is 2.72. The molecule has 5 nitrogen and oxygen atoms in total. The molecule has 2 rings (SSSR count). The van der Waals surface area contributed by atoms with Crippen molar-refractivity contribution in [3.63, 3.8) is 0 Å². The summed E-state index contributed by atoms with van der Waals surface area (Å²) in [4.78, 5) is 11.9. The van der Waals surface area contributed by atoms with Gasteiger partial charge >= 0.3 is 0 Å². The molecular weight excluding hydrogens is 312 g/mol. The number of hydrogen-bond acceptors (Lipinski definition) is 3. The molecule has 0 saturated carbocycles. The summed E-state index contributed by atoms with van der Waals surface area (Å²) >= 11 is 0. The fourth-order valence-electron chi connectivity index (χ4n) is 2.61. The third-order valence-corrected chi connectivity index (χ3v) is 5.87. The molecule has 6 heteroatoms. The van der Waals surface area contributed by atoms with Gasteiger partial charge in [0.1, 0.15) is 0 Å². The lowest BCUT2D eigenvalue weighted by atomic mass is 10.1. The molecule has 0 spiro atoms. The topological polar surface area (TPSA) is 66.5 Å². The van der Waals surface area contributed by atoms with Gasteiger partial charge < -0.3 is 5.32 Å². The molecule has 0 aliphatic carbocycles. The average molecular weight is 336 g/mol. The highest BCUT2D eigenvalue weighted by Gasteiger charge is 2.25. The minimum absolute atomic E-state index is 0.0325. The number of nitrogens with zero attached hydrogens (tertiary/aromatic N) is 1. The number of aryl methyl sites for hydroxylation is 1. The fourth-order valence-corrected chi connectivity index (χ4v) is 4.13. The number of hydrogen-bond donors (Lipinski definition) is 1. The van der Waals surface area contributed by atoms with Gasteiger partial charge in [0.05, 0.1) is 4.90 Å². The first kappa shape index (κ1) is 17.7. The standard InChI is InChI=1S/C17H24N2O3S/c1-2-12-18-17(20)11-8-15-6-9-16(10-7-15)23(21,22)19-13-4-3-5-14-19/h2,6-7,9-10H,1,3-5,8,11-14H2,(H,18,20). The summed E-state index contributed by atoms with van der Waals surface area (Å²) in [6.45, 7) is 5.22. The van der Waals surface area contributed by atoms with E-state index < -0.39 is 10.0 Å². The van der Waals surface area contributed by atoms with Crippen molar-refractivity contribution in [3.8, 4) is 0 Å². The van der Waals surface area contributed by atoms with E-state index in [-0.39, 0.29) is 5.91 Å². The van der Waals surface area contributed by atoms with Gasteiger partial charge in [0.15, 0.2) is 0 Å². The molecule has 1 amide bonds. The third-order valence-electron chi connectivity index (χ3n) is 3.96. The Kier molecular flexibility index (Phi) is 6.36. The number of rotatable bonds is 7. The van der Waals surface area contributed by atoms with E-state index in [2.05, 4.69) is 11.9 Å². The Morgan fingerprint density at radius 1 is 1.17 bits per heavy atom. The largest absolute Gasteiger partial charge is 0.353 e. The van der Waals surface area contributed by atoms with Crippen molar-refractivity contribution < 1.29 is 13.2 Å². The van der Waals surface area contributed by atoms with E-state index in [1.54, 1.807) is 34.6 Å². The second-order valence-electron chi connectivity index (χ2n) is 5.70. The van der Waals surface area contributed by atoms with Crippen molar-refractivity contribution in [2.24, 2.45) is 0 Å². The van der Waals surface area contributed by atoms with E-state index in [0.29, 0.717) is 37.4 Å². The average Bonchev–Trinajstić information content (AvgIpc) is 2.59. The van der Waals surface area contributed by atoms with Gasteiger partial charge in [0, 0.05) is 26.1 Å². The lowest BCUT2D eigenvalue weighted by Crippen LogP contribution is -2.35. The summed E-state index contributed by atoms with van der Waals surface area (Å²) < 4.78 is 26.6. The van der Waals surface area contributed by atoms with Crippen molar-refractivity contribution in [1.29, 1.82) is 0 Å². The van der Waals surface area contributed by atoms with Gasteiger partial charge in [-0.3, -0.25) is 4.79 Å². The normalized spacial score (nSPS) is 16.0.